The summed E-state index contributed by atoms with van der Waals surface area (Å²) >= 11 is 9.72. The van der Waals surface area contributed by atoms with E-state index in [4.69, 9.17) is 11.6 Å². The summed E-state index contributed by atoms with van der Waals surface area (Å²) in [5, 5.41) is 16.8. The second-order valence-electron chi connectivity index (χ2n) is 5.09. The fourth-order valence-electron chi connectivity index (χ4n) is 2.89. The van der Waals surface area contributed by atoms with Crippen molar-refractivity contribution in [2.45, 2.75) is 0 Å². The Balaban J connectivity index is 2.22. The average molecular weight is 358 g/mol. The number of phenolic OH excluding ortho intramolecular Hbond substituents is 1. The molecular weight excluding hydrogens is 348 g/mol. The lowest BCUT2D eigenvalue weighted by molar-refractivity contribution is 0.476. The number of benzene rings is 4. The first-order valence-electron chi connectivity index (χ1n) is 6.57. The lowest BCUT2D eigenvalue weighted by atomic mass is 9.97. The zero-order valence-electron chi connectivity index (χ0n) is 10.9. The minimum atomic E-state index is 0.119. The van der Waals surface area contributed by atoms with Crippen LogP contribution in [0, 0.1) is 0 Å². The fourth-order valence-corrected chi connectivity index (χ4v) is 3.49. The van der Waals surface area contributed by atoms with Crippen molar-refractivity contribution in [3.8, 4) is 5.75 Å². The normalized spacial score (nSPS) is 11.5. The molecule has 0 bridgehead atoms. The number of rotatable bonds is 0. The third-order valence-corrected chi connectivity index (χ3v) is 4.78. The Morgan fingerprint density at radius 3 is 2.14 bits per heavy atom. The van der Waals surface area contributed by atoms with Crippen LogP contribution in [0.2, 0.25) is 5.02 Å². The smallest absolute Gasteiger partial charge is 0.134 e. The van der Waals surface area contributed by atoms with Gasteiger partial charge in [0.15, 0.2) is 0 Å². The molecule has 0 saturated carbocycles. The summed E-state index contributed by atoms with van der Waals surface area (Å²) in [5.41, 5.74) is 0. The van der Waals surface area contributed by atoms with E-state index in [1.165, 1.54) is 16.2 Å². The number of fused-ring (bicyclic) bond motifs is 5. The molecule has 4 aromatic rings. The summed E-state index contributed by atoms with van der Waals surface area (Å²) in [7, 11) is 0. The van der Waals surface area contributed by atoms with Crippen molar-refractivity contribution >= 4 is 59.8 Å². The number of aromatic hydroxyl groups is 1. The lowest BCUT2D eigenvalue weighted by Gasteiger charge is -2.09. The largest absolute Gasteiger partial charge is 0.506 e. The SMILES string of the molecule is Oc1ccc2c(ccc3c4ccc(Br)cc4ccc23)c1Cl. The van der Waals surface area contributed by atoms with Crippen LogP contribution in [0.1, 0.15) is 0 Å². The van der Waals surface area contributed by atoms with E-state index < -0.39 is 0 Å². The van der Waals surface area contributed by atoms with Crippen LogP contribution >= 0.6 is 27.5 Å². The van der Waals surface area contributed by atoms with Crippen LogP contribution in [-0.2, 0) is 0 Å². The zero-order valence-corrected chi connectivity index (χ0v) is 13.2. The van der Waals surface area contributed by atoms with E-state index in [1.807, 2.05) is 12.1 Å². The average Bonchev–Trinajstić information content (AvgIpc) is 2.49. The molecule has 0 fully saturated rings. The summed E-state index contributed by atoms with van der Waals surface area (Å²) in [6.07, 6.45) is 0. The Bertz CT molecular complexity index is 1020. The standard InChI is InChI=1S/C18H10BrClO/c19-11-2-4-12-10(9-11)1-3-14-13(12)5-6-16-15(14)7-8-17(21)18(16)20/h1-9,21H. The molecule has 0 atom stereocenters. The Morgan fingerprint density at radius 2 is 1.29 bits per heavy atom. The van der Waals surface area contributed by atoms with Crippen LogP contribution in [0.4, 0.5) is 0 Å². The predicted molar refractivity (Wildman–Crippen MR) is 93.3 cm³/mol. The van der Waals surface area contributed by atoms with Crippen LogP contribution in [0.25, 0.3) is 32.3 Å². The van der Waals surface area contributed by atoms with Crippen molar-refractivity contribution in [2.24, 2.45) is 0 Å². The highest BCUT2D eigenvalue weighted by Crippen LogP contribution is 2.37. The van der Waals surface area contributed by atoms with Gasteiger partial charge in [0.25, 0.3) is 0 Å². The molecule has 0 unspecified atom stereocenters. The van der Waals surface area contributed by atoms with Crippen LogP contribution in [0.3, 0.4) is 0 Å². The zero-order chi connectivity index (χ0) is 14.6. The molecular formula is C18H10BrClO. The van der Waals surface area contributed by atoms with Crippen molar-refractivity contribution in [3.63, 3.8) is 0 Å². The molecule has 0 aliphatic carbocycles. The Labute approximate surface area is 134 Å². The van der Waals surface area contributed by atoms with Crippen LogP contribution in [0.5, 0.6) is 5.75 Å². The first-order valence-corrected chi connectivity index (χ1v) is 7.74. The molecule has 0 aromatic heterocycles. The number of hydrogen-bond donors (Lipinski definition) is 1. The first kappa shape index (κ1) is 12.9. The molecule has 21 heavy (non-hydrogen) atoms. The molecule has 0 spiro atoms. The number of halogens is 2. The summed E-state index contributed by atoms with van der Waals surface area (Å²) in [6.45, 7) is 0. The molecule has 1 nitrogen and oxygen atoms in total. The number of hydrogen-bond acceptors (Lipinski definition) is 1. The molecule has 0 heterocycles. The predicted octanol–water partition coefficient (Wildman–Crippen LogP) is 6.27. The quantitative estimate of drug-likeness (QED) is 0.368. The van der Waals surface area contributed by atoms with E-state index in [9.17, 15) is 5.11 Å². The maximum atomic E-state index is 9.75. The van der Waals surface area contributed by atoms with E-state index >= 15 is 0 Å². The van der Waals surface area contributed by atoms with Crippen molar-refractivity contribution in [2.75, 3.05) is 0 Å². The highest BCUT2D eigenvalue weighted by atomic mass is 79.9. The maximum absolute atomic E-state index is 9.75. The number of phenols is 1. The summed E-state index contributed by atoms with van der Waals surface area (Å²) < 4.78 is 1.07. The Kier molecular flexibility index (Phi) is 2.84. The monoisotopic (exact) mass is 356 g/mol. The highest BCUT2D eigenvalue weighted by Gasteiger charge is 2.09. The second kappa shape index (κ2) is 4.62. The molecule has 0 radical (unpaired) electrons. The molecule has 3 heteroatoms. The van der Waals surface area contributed by atoms with Crippen molar-refractivity contribution in [3.05, 3.63) is 64.1 Å². The van der Waals surface area contributed by atoms with E-state index in [0.29, 0.717) is 5.02 Å². The van der Waals surface area contributed by atoms with E-state index in [-0.39, 0.29) is 5.75 Å². The van der Waals surface area contributed by atoms with Gasteiger partial charge in [0.2, 0.25) is 0 Å². The summed E-state index contributed by atoms with van der Waals surface area (Å²) in [6, 6.07) is 18.1. The summed E-state index contributed by atoms with van der Waals surface area (Å²) in [5.74, 6) is 0.119. The first-order chi connectivity index (χ1) is 10.1. The molecule has 4 aromatic carbocycles. The summed E-state index contributed by atoms with van der Waals surface area (Å²) in [4.78, 5) is 0. The van der Waals surface area contributed by atoms with Crippen LogP contribution in [-0.4, -0.2) is 5.11 Å². The molecule has 0 amide bonds. The van der Waals surface area contributed by atoms with Gasteiger partial charge >= 0.3 is 0 Å². The van der Waals surface area contributed by atoms with Crippen molar-refractivity contribution < 1.29 is 5.11 Å². The van der Waals surface area contributed by atoms with Gasteiger partial charge < -0.3 is 5.11 Å². The molecule has 0 aliphatic heterocycles. The topological polar surface area (TPSA) is 20.2 Å². The van der Waals surface area contributed by atoms with E-state index in [1.54, 1.807) is 6.07 Å². The van der Waals surface area contributed by atoms with Gasteiger partial charge in [-0.1, -0.05) is 57.9 Å². The maximum Gasteiger partial charge on any atom is 0.134 e. The van der Waals surface area contributed by atoms with E-state index in [0.717, 1.165) is 20.6 Å². The highest BCUT2D eigenvalue weighted by molar-refractivity contribution is 9.10. The second-order valence-corrected chi connectivity index (χ2v) is 6.38. The van der Waals surface area contributed by atoms with Crippen LogP contribution < -0.4 is 0 Å². The Morgan fingerprint density at radius 1 is 0.714 bits per heavy atom. The third-order valence-electron chi connectivity index (χ3n) is 3.89. The minimum Gasteiger partial charge on any atom is -0.506 e. The minimum absolute atomic E-state index is 0.119. The molecule has 4 rings (SSSR count). The van der Waals surface area contributed by atoms with Crippen LogP contribution in [0.15, 0.2) is 59.1 Å². The van der Waals surface area contributed by atoms with Gasteiger partial charge in [-0.2, -0.15) is 0 Å². The van der Waals surface area contributed by atoms with Gasteiger partial charge in [0.05, 0.1) is 5.02 Å². The van der Waals surface area contributed by atoms with Crippen molar-refractivity contribution in [1.82, 2.24) is 0 Å². The van der Waals surface area contributed by atoms with Gasteiger partial charge in [0, 0.05) is 9.86 Å². The van der Waals surface area contributed by atoms with Gasteiger partial charge in [-0.15, -0.1) is 0 Å². The third kappa shape index (κ3) is 1.90. The van der Waals surface area contributed by atoms with E-state index in [2.05, 4.69) is 52.3 Å². The van der Waals surface area contributed by atoms with Crippen molar-refractivity contribution in [1.29, 1.82) is 0 Å². The van der Waals surface area contributed by atoms with Gasteiger partial charge in [-0.3, -0.25) is 0 Å². The van der Waals surface area contributed by atoms with Gasteiger partial charge in [0.1, 0.15) is 5.75 Å². The van der Waals surface area contributed by atoms with Gasteiger partial charge in [-0.05, 0) is 51.2 Å². The fraction of sp³-hybridized carbons (Fsp3) is 0. The Hall–Kier alpha value is -1.77. The molecule has 1 N–H and O–H groups in total. The molecule has 102 valence electrons. The lowest BCUT2D eigenvalue weighted by Crippen LogP contribution is -1.82. The molecule has 0 aliphatic rings. The molecule has 0 saturated heterocycles. The van der Waals surface area contributed by atoms with Gasteiger partial charge in [-0.25, -0.2) is 0 Å².